The maximum Gasteiger partial charge on any atom is 0.287 e. The number of benzene rings is 1. The topological polar surface area (TPSA) is 46.9 Å². The van der Waals surface area contributed by atoms with Crippen molar-refractivity contribution < 1.29 is 4.39 Å². The first-order chi connectivity index (χ1) is 10.6. The number of aryl methyl sites for hydroxylation is 1. The summed E-state index contributed by atoms with van der Waals surface area (Å²) in [4.78, 5) is 11.8. The molecule has 1 N–H and O–H groups in total. The molecule has 1 fully saturated rings. The highest BCUT2D eigenvalue weighted by molar-refractivity contribution is 6.32. The van der Waals surface area contributed by atoms with Crippen molar-refractivity contribution in [2.45, 2.75) is 31.2 Å². The van der Waals surface area contributed by atoms with Crippen LogP contribution in [0.25, 0.3) is 0 Å². The number of rotatable bonds is 3. The molecule has 2 aromatic rings. The number of hydrogen-bond acceptors (Lipinski definition) is 3. The largest absolute Gasteiger partial charge is 0.379 e. The highest BCUT2D eigenvalue weighted by Crippen LogP contribution is 2.37. The van der Waals surface area contributed by atoms with Gasteiger partial charge in [-0.3, -0.25) is 4.79 Å². The van der Waals surface area contributed by atoms with Crippen LogP contribution in [0.15, 0.2) is 35.3 Å². The first kappa shape index (κ1) is 15.0. The first-order valence-corrected chi connectivity index (χ1v) is 7.68. The van der Waals surface area contributed by atoms with Crippen molar-refractivity contribution in [3.63, 3.8) is 0 Å². The summed E-state index contributed by atoms with van der Waals surface area (Å²) in [6, 6.07) is 6.78. The molecule has 0 radical (unpaired) electrons. The van der Waals surface area contributed by atoms with Crippen LogP contribution >= 0.6 is 11.6 Å². The molecule has 0 bridgehead atoms. The summed E-state index contributed by atoms with van der Waals surface area (Å²) in [6.45, 7) is 0. The standard InChI is InChI=1S/C16H17ClFN3O/c1-21-16(22)15(17)14(9-19-21)20-13-4-2-3-12(13)10-5-7-11(18)8-6-10/h5-9,12-13,20H,2-4H2,1H3. The average molecular weight is 322 g/mol. The fraction of sp³-hybridized carbons (Fsp3) is 0.375. The second kappa shape index (κ2) is 6.08. The zero-order valence-corrected chi connectivity index (χ0v) is 13.0. The Morgan fingerprint density at radius 2 is 2.05 bits per heavy atom. The van der Waals surface area contributed by atoms with Crippen molar-refractivity contribution in [1.82, 2.24) is 9.78 Å². The van der Waals surface area contributed by atoms with Gasteiger partial charge in [-0.05, 0) is 30.5 Å². The van der Waals surface area contributed by atoms with Gasteiger partial charge in [0.2, 0.25) is 0 Å². The molecule has 6 heteroatoms. The van der Waals surface area contributed by atoms with Crippen LogP contribution in [0.3, 0.4) is 0 Å². The molecule has 0 amide bonds. The molecule has 4 nitrogen and oxygen atoms in total. The Labute approximate surface area is 132 Å². The van der Waals surface area contributed by atoms with E-state index in [1.165, 1.54) is 16.8 Å². The first-order valence-electron chi connectivity index (χ1n) is 7.30. The molecule has 2 unspecified atom stereocenters. The Bertz CT molecular complexity index is 729. The lowest BCUT2D eigenvalue weighted by Gasteiger charge is -2.23. The maximum absolute atomic E-state index is 13.1. The predicted octanol–water partition coefficient (Wildman–Crippen LogP) is 3.32. The Hall–Kier alpha value is -1.88. The minimum Gasteiger partial charge on any atom is -0.379 e. The van der Waals surface area contributed by atoms with Crippen LogP contribution < -0.4 is 10.9 Å². The van der Waals surface area contributed by atoms with Crippen LogP contribution in [0.4, 0.5) is 10.1 Å². The monoisotopic (exact) mass is 321 g/mol. The summed E-state index contributed by atoms with van der Waals surface area (Å²) in [5.74, 6) is 0.0470. The third-order valence-corrected chi connectivity index (χ3v) is 4.60. The number of nitrogens with zero attached hydrogens (tertiary/aromatic N) is 2. The Balaban J connectivity index is 1.84. The molecule has 3 rings (SSSR count). The van der Waals surface area contributed by atoms with Crippen LogP contribution in [0.5, 0.6) is 0 Å². The van der Waals surface area contributed by atoms with Gasteiger partial charge in [0.15, 0.2) is 0 Å². The van der Waals surface area contributed by atoms with Crippen molar-refractivity contribution in [1.29, 1.82) is 0 Å². The molecule has 0 spiro atoms. The zero-order chi connectivity index (χ0) is 15.7. The molecule has 1 aromatic heterocycles. The van der Waals surface area contributed by atoms with E-state index in [0.717, 1.165) is 24.8 Å². The van der Waals surface area contributed by atoms with Crippen LogP contribution in [0.2, 0.25) is 5.02 Å². The minimum atomic E-state index is -0.317. The molecule has 0 aliphatic heterocycles. The fourth-order valence-corrected chi connectivity index (χ4v) is 3.28. The second-order valence-corrected chi connectivity index (χ2v) is 6.02. The normalized spacial score (nSPS) is 21.0. The van der Waals surface area contributed by atoms with Crippen molar-refractivity contribution in [3.05, 3.63) is 57.2 Å². The molecular formula is C16H17ClFN3O. The van der Waals surface area contributed by atoms with E-state index in [-0.39, 0.29) is 28.4 Å². The Kier molecular flexibility index (Phi) is 4.16. The van der Waals surface area contributed by atoms with Gasteiger partial charge in [-0.2, -0.15) is 5.10 Å². The summed E-state index contributed by atoms with van der Waals surface area (Å²) in [7, 11) is 1.56. The van der Waals surface area contributed by atoms with Crippen molar-refractivity contribution in [2.24, 2.45) is 7.05 Å². The highest BCUT2D eigenvalue weighted by atomic mass is 35.5. The molecule has 1 saturated carbocycles. The van der Waals surface area contributed by atoms with Crippen LogP contribution in [-0.2, 0) is 7.05 Å². The van der Waals surface area contributed by atoms with Gasteiger partial charge in [0.1, 0.15) is 10.8 Å². The summed E-state index contributed by atoms with van der Waals surface area (Å²) >= 11 is 6.11. The van der Waals surface area contributed by atoms with Crippen molar-refractivity contribution in [3.8, 4) is 0 Å². The van der Waals surface area contributed by atoms with Crippen LogP contribution in [0.1, 0.15) is 30.7 Å². The number of aromatic nitrogens is 2. The van der Waals surface area contributed by atoms with E-state index in [0.29, 0.717) is 5.69 Å². The van der Waals surface area contributed by atoms with E-state index in [4.69, 9.17) is 11.6 Å². The number of halogens is 2. The molecule has 2 atom stereocenters. The van der Waals surface area contributed by atoms with E-state index < -0.39 is 0 Å². The van der Waals surface area contributed by atoms with Crippen molar-refractivity contribution in [2.75, 3.05) is 5.32 Å². The fourth-order valence-electron chi connectivity index (χ4n) is 3.05. The number of hydrogen-bond donors (Lipinski definition) is 1. The molecular weight excluding hydrogens is 305 g/mol. The highest BCUT2D eigenvalue weighted by Gasteiger charge is 2.29. The molecule has 1 heterocycles. The van der Waals surface area contributed by atoms with Gasteiger partial charge in [0.05, 0.1) is 11.9 Å². The zero-order valence-electron chi connectivity index (χ0n) is 12.2. The molecule has 116 valence electrons. The Morgan fingerprint density at radius 1 is 1.32 bits per heavy atom. The van der Waals surface area contributed by atoms with Gasteiger partial charge in [-0.1, -0.05) is 30.2 Å². The molecule has 22 heavy (non-hydrogen) atoms. The van der Waals surface area contributed by atoms with Gasteiger partial charge in [-0.25, -0.2) is 9.07 Å². The third kappa shape index (κ3) is 2.86. The molecule has 0 saturated heterocycles. The van der Waals surface area contributed by atoms with E-state index in [1.54, 1.807) is 13.2 Å². The molecule has 1 aliphatic rings. The summed E-state index contributed by atoms with van der Waals surface area (Å²) in [5.41, 5.74) is 1.34. The van der Waals surface area contributed by atoms with E-state index in [9.17, 15) is 9.18 Å². The van der Waals surface area contributed by atoms with E-state index in [1.807, 2.05) is 12.1 Å². The number of nitrogens with one attached hydrogen (secondary N) is 1. The van der Waals surface area contributed by atoms with Crippen molar-refractivity contribution >= 4 is 17.3 Å². The summed E-state index contributed by atoms with van der Waals surface area (Å²) in [6.07, 6.45) is 4.66. The lowest BCUT2D eigenvalue weighted by molar-refractivity contribution is 0.618. The average Bonchev–Trinajstić information content (AvgIpc) is 2.97. The third-order valence-electron chi connectivity index (χ3n) is 4.23. The Morgan fingerprint density at radius 3 is 2.77 bits per heavy atom. The maximum atomic E-state index is 13.1. The molecule has 1 aliphatic carbocycles. The quantitative estimate of drug-likeness (QED) is 0.943. The predicted molar refractivity (Wildman–Crippen MR) is 84.9 cm³/mol. The molecule has 1 aromatic carbocycles. The lowest BCUT2D eigenvalue weighted by Crippen LogP contribution is -2.26. The number of anilines is 1. The van der Waals surface area contributed by atoms with Gasteiger partial charge in [0, 0.05) is 19.0 Å². The van der Waals surface area contributed by atoms with Gasteiger partial charge >= 0.3 is 0 Å². The van der Waals surface area contributed by atoms with Gasteiger partial charge < -0.3 is 5.32 Å². The van der Waals surface area contributed by atoms with Gasteiger partial charge in [0.25, 0.3) is 5.56 Å². The van der Waals surface area contributed by atoms with Gasteiger partial charge in [-0.15, -0.1) is 0 Å². The van der Waals surface area contributed by atoms with E-state index >= 15 is 0 Å². The minimum absolute atomic E-state index is 0.155. The summed E-state index contributed by atoms with van der Waals surface area (Å²) in [5, 5.41) is 7.49. The SMILES string of the molecule is Cn1ncc(NC2CCCC2c2ccc(F)cc2)c(Cl)c1=O. The lowest BCUT2D eigenvalue weighted by atomic mass is 9.94. The van der Waals surface area contributed by atoms with E-state index in [2.05, 4.69) is 10.4 Å². The smallest absolute Gasteiger partial charge is 0.287 e. The second-order valence-electron chi connectivity index (χ2n) is 5.64. The van der Waals surface area contributed by atoms with Crippen LogP contribution in [-0.4, -0.2) is 15.8 Å². The van der Waals surface area contributed by atoms with Crippen LogP contribution in [0, 0.1) is 5.82 Å². The summed E-state index contributed by atoms with van der Waals surface area (Å²) < 4.78 is 14.3.